The number of nitrogens with zero attached hydrogens (tertiary/aromatic N) is 1. The Labute approximate surface area is 113 Å². The van der Waals surface area contributed by atoms with Crippen molar-refractivity contribution in [3.8, 4) is 0 Å². The molecule has 3 heteroatoms. The molecule has 1 rings (SSSR count). The van der Waals surface area contributed by atoms with Crippen LogP contribution in [-0.4, -0.2) is 43.3 Å². The van der Waals surface area contributed by atoms with E-state index in [1.165, 1.54) is 19.4 Å². The van der Waals surface area contributed by atoms with Crippen molar-refractivity contribution in [2.24, 2.45) is 17.6 Å². The maximum Gasteiger partial charge on any atom is 0.0521 e. The molecule has 0 aromatic carbocycles. The molecule has 18 heavy (non-hydrogen) atoms. The van der Waals surface area contributed by atoms with Gasteiger partial charge in [0.15, 0.2) is 0 Å². The number of ether oxygens (including phenoxy) is 1. The molecular formula is C15H32N2O. The fraction of sp³-hybridized carbons (Fsp3) is 1.00. The highest BCUT2D eigenvalue weighted by atomic mass is 16.5. The predicted molar refractivity (Wildman–Crippen MR) is 77.7 cm³/mol. The highest BCUT2D eigenvalue weighted by Crippen LogP contribution is 2.19. The maximum atomic E-state index is 6.23. The normalized spacial score (nSPS) is 25.3. The van der Waals surface area contributed by atoms with Crippen LogP contribution in [0.25, 0.3) is 0 Å². The number of nitrogens with two attached hydrogens (primary N) is 1. The molecule has 1 heterocycles. The molecule has 0 aliphatic carbocycles. The molecule has 1 aliphatic heterocycles. The van der Waals surface area contributed by atoms with Crippen LogP contribution >= 0.6 is 0 Å². The Balaban J connectivity index is 2.58. The Morgan fingerprint density at radius 2 is 1.94 bits per heavy atom. The minimum atomic E-state index is 0.322. The average Bonchev–Trinajstić information content (AvgIpc) is 2.32. The third-order valence-corrected chi connectivity index (χ3v) is 4.06. The summed E-state index contributed by atoms with van der Waals surface area (Å²) in [5.74, 6) is 1.23. The van der Waals surface area contributed by atoms with Crippen molar-refractivity contribution in [1.29, 1.82) is 0 Å². The molecule has 1 saturated heterocycles. The van der Waals surface area contributed by atoms with Gasteiger partial charge >= 0.3 is 0 Å². The number of hydrogen-bond donors (Lipinski definition) is 1. The van der Waals surface area contributed by atoms with Gasteiger partial charge < -0.3 is 10.5 Å². The molecule has 0 aromatic rings. The van der Waals surface area contributed by atoms with Crippen LogP contribution in [0.2, 0.25) is 0 Å². The van der Waals surface area contributed by atoms with Gasteiger partial charge in [-0.1, -0.05) is 27.7 Å². The molecular weight excluding hydrogens is 224 g/mol. The van der Waals surface area contributed by atoms with Crippen molar-refractivity contribution < 1.29 is 4.74 Å². The molecule has 0 saturated carbocycles. The molecule has 108 valence electrons. The van der Waals surface area contributed by atoms with Gasteiger partial charge in [0.25, 0.3) is 0 Å². The number of rotatable bonds is 7. The fourth-order valence-electron chi connectivity index (χ4n) is 2.95. The van der Waals surface area contributed by atoms with Crippen molar-refractivity contribution >= 4 is 0 Å². The lowest BCUT2D eigenvalue weighted by Gasteiger charge is -2.38. The summed E-state index contributed by atoms with van der Waals surface area (Å²) in [6, 6.07) is 1.02. The molecule has 0 aromatic heterocycles. The van der Waals surface area contributed by atoms with E-state index in [4.69, 9.17) is 10.5 Å². The van der Waals surface area contributed by atoms with Gasteiger partial charge in [-0.15, -0.1) is 0 Å². The monoisotopic (exact) mass is 256 g/mol. The molecule has 0 amide bonds. The standard InChI is InChI=1S/C15H32N2O/c1-5-14(6-2)17(9-12(3)4)10-13-11-18-8-7-15(13)16/h12-15H,5-11,16H2,1-4H3. The lowest BCUT2D eigenvalue weighted by atomic mass is 9.94. The van der Waals surface area contributed by atoms with Crippen molar-refractivity contribution in [3.05, 3.63) is 0 Å². The topological polar surface area (TPSA) is 38.5 Å². The number of hydrogen-bond acceptors (Lipinski definition) is 3. The summed E-state index contributed by atoms with van der Waals surface area (Å²) in [6.45, 7) is 13.1. The van der Waals surface area contributed by atoms with Crippen LogP contribution in [0.5, 0.6) is 0 Å². The Bertz CT molecular complexity index is 217. The Hall–Kier alpha value is -0.120. The van der Waals surface area contributed by atoms with E-state index in [-0.39, 0.29) is 0 Å². The zero-order valence-electron chi connectivity index (χ0n) is 12.7. The van der Waals surface area contributed by atoms with E-state index in [0.717, 1.165) is 26.2 Å². The maximum absolute atomic E-state index is 6.23. The third-order valence-electron chi connectivity index (χ3n) is 4.06. The SMILES string of the molecule is CCC(CC)N(CC(C)C)CC1COCCC1N. The molecule has 1 aliphatic rings. The summed E-state index contributed by atoms with van der Waals surface area (Å²) in [4.78, 5) is 2.64. The van der Waals surface area contributed by atoms with Gasteiger partial charge in [0.1, 0.15) is 0 Å². The second-order valence-corrected chi connectivity index (χ2v) is 6.11. The molecule has 0 radical (unpaired) electrons. The van der Waals surface area contributed by atoms with Crippen LogP contribution in [0.15, 0.2) is 0 Å². The first-order valence-electron chi connectivity index (χ1n) is 7.65. The van der Waals surface area contributed by atoms with Crippen molar-refractivity contribution in [2.75, 3.05) is 26.3 Å². The second-order valence-electron chi connectivity index (χ2n) is 6.11. The quantitative estimate of drug-likeness (QED) is 0.760. The molecule has 2 unspecified atom stereocenters. The molecule has 3 nitrogen and oxygen atoms in total. The lowest BCUT2D eigenvalue weighted by Crippen LogP contribution is -2.48. The van der Waals surface area contributed by atoms with E-state index in [2.05, 4.69) is 32.6 Å². The van der Waals surface area contributed by atoms with Gasteiger partial charge in [0.05, 0.1) is 6.61 Å². The smallest absolute Gasteiger partial charge is 0.0521 e. The van der Waals surface area contributed by atoms with Gasteiger partial charge in [-0.05, 0) is 25.2 Å². The Kier molecular flexibility index (Phi) is 7.20. The van der Waals surface area contributed by atoms with E-state index in [1.807, 2.05) is 0 Å². The van der Waals surface area contributed by atoms with E-state index < -0.39 is 0 Å². The Morgan fingerprint density at radius 1 is 1.28 bits per heavy atom. The molecule has 2 atom stereocenters. The summed E-state index contributed by atoms with van der Waals surface area (Å²) in [5, 5.41) is 0. The van der Waals surface area contributed by atoms with E-state index in [1.54, 1.807) is 0 Å². The molecule has 0 bridgehead atoms. The second kappa shape index (κ2) is 8.13. The van der Waals surface area contributed by atoms with Crippen LogP contribution in [0, 0.1) is 11.8 Å². The Morgan fingerprint density at radius 3 is 2.44 bits per heavy atom. The summed E-state index contributed by atoms with van der Waals surface area (Å²) >= 11 is 0. The van der Waals surface area contributed by atoms with Crippen molar-refractivity contribution in [2.45, 2.75) is 59.0 Å². The van der Waals surface area contributed by atoms with Crippen LogP contribution < -0.4 is 5.73 Å². The van der Waals surface area contributed by atoms with Crippen molar-refractivity contribution in [1.82, 2.24) is 4.90 Å². The zero-order chi connectivity index (χ0) is 13.5. The molecule has 1 fully saturated rings. The highest BCUT2D eigenvalue weighted by molar-refractivity contribution is 4.82. The fourth-order valence-corrected chi connectivity index (χ4v) is 2.95. The third kappa shape index (κ3) is 4.87. The first-order chi connectivity index (χ1) is 8.58. The van der Waals surface area contributed by atoms with Crippen molar-refractivity contribution in [3.63, 3.8) is 0 Å². The highest BCUT2D eigenvalue weighted by Gasteiger charge is 2.27. The first-order valence-corrected chi connectivity index (χ1v) is 7.65. The summed E-state index contributed by atoms with van der Waals surface area (Å²) in [6.07, 6.45) is 3.47. The van der Waals surface area contributed by atoms with E-state index >= 15 is 0 Å². The van der Waals surface area contributed by atoms with Gasteiger partial charge in [-0.3, -0.25) is 4.90 Å². The van der Waals surface area contributed by atoms with E-state index in [9.17, 15) is 0 Å². The van der Waals surface area contributed by atoms with Gasteiger partial charge in [0.2, 0.25) is 0 Å². The van der Waals surface area contributed by atoms with Gasteiger partial charge in [-0.2, -0.15) is 0 Å². The lowest BCUT2D eigenvalue weighted by molar-refractivity contribution is 0.0157. The zero-order valence-corrected chi connectivity index (χ0v) is 12.7. The minimum Gasteiger partial charge on any atom is -0.381 e. The van der Waals surface area contributed by atoms with E-state index in [0.29, 0.717) is 23.9 Å². The molecule has 2 N–H and O–H groups in total. The van der Waals surface area contributed by atoms with Crippen LogP contribution in [0.4, 0.5) is 0 Å². The first kappa shape index (κ1) is 15.9. The van der Waals surface area contributed by atoms with Crippen LogP contribution in [-0.2, 0) is 4.74 Å². The van der Waals surface area contributed by atoms with Crippen LogP contribution in [0.3, 0.4) is 0 Å². The van der Waals surface area contributed by atoms with Crippen LogP contribution in [0.1, 0.15) is 47.0 Å². The average molecular weight is 256 g/mol. The summed E-state index contributed by atoms with van der Waals surface area (Å²) in [7, 11) is 0. The largest absolute Gasteiger partial charge is 0.381 e. The predicted octanol–water partition coefficient (Wildman–Crippen LogP) is 2.50. The molecule has 0 spiro atoms. The van der Waals surface area contributed by atoms with Gasteiger partial charge in [-0.25, -0.2) is 0 Å². The minimum absolute atomic E-state index is 0.322. The summed E-state index contributed by atoms with van der Waals surface area (Å²) < 4.78 is 5.60. The summed E-state index contributed by atoms with van der Waals surface area (Å²) in [5.41, 5.74) is 6.23. The van der Waals surface area contributed by atoms with Gasteiger partial charge in [0, 0.05) is 37.7 Å².